The van der Waals surface area contributed by atoms with Crippen molar-refractivity contribution in [3.8, 4) is 22.6 Å². The number of carbonyl (C=O) groups is 2. The van der Waals surface area contributed by atoms with Crippen LogP contribution in [0, 0.1) is 11.7 Å². The third kappa shape index (κ3) is 4.95. The van der Waals surface area contributed by atoms with E-state index in [-0.39, 0.29) is 23.0 Å². The van der Waals surface area contributed by atoms with E-state index in [9.17, 15) is 9.59 Å². The zero-order valence-corrected chi connectivity index (χ0v) is 25.9. The lowest BCUT2D eigenvalue weighted by atomic mass is 9.81. The third-order valence-electron chi connectivity index (χ3n) is 10.3. The van der Waals surface area contributed by atoms with Crippen molar-refractivity contribution < 1.29 is 23.5 Å². The first-order valence-corrected chi connectivity index (χ1v) is 16.5. The lowest BCUT2D eigenvalue weighted by Crippen LogP contribution is -2.38. The van der Waals surface area contributed by atoms with Gasteiger partial charge in [0.2, 0.25) is 0 Å². The minimum atomic E-state index is -0.505. The number of anilines is 1. The quantitative estimate of drug-likeness (QED) is 0.156. The predicted octanol–water partition coefficient (Wildman–Crippen LogP) is 6.00. The van der Waals surface area contributed by atoms with Crippen LogP contribution in [-0.2, 0) is 16.0 Å². The molecule has 0 spiro atoms. The molecule has 3 heterocycles. The van der Waals surface area contributed by atoms with Gasteiger partial charge in [-0.15, -0.1) is 6.58 Å². The highest BCUT2D eigenvalue weighted by molar-refractivity contribution is 6.26. The molecule has 3 aromatic carbocycles. The summed E-state index contributed by atoms with van der Waals surface area (Å²) in [5.41, 5.74) is 7.11. The molecule has 1 amide bonds. The second kappa shape index (κ2) is 11.8. The number of fused-ring (bicyclic) bond motifs is 5. The van der Waals surface area contributed by atoms with Gasteiger partial charge in [-0.25, -0.2) is 4.39 Å². The van der Waals surface area contributed by atoms with E-state index >= 15 is 4.39 Å². The minimum Gasteiger partial charge on any atom is -0.454 e. The minimum absolute atomic E-state index is 0.0658. The number of amides is 1. The van der Waals surface area contributed by atoms with Crippen LogP contribution in [-0.4, -0.2) is 69.1 Å². The van der Waals surface area contributed by atoms with Crippen LogP contribution in [0.25, 0.3) is 11.1 Å². The molecule has 3 aromatic rings. The Morgan fingerprint density at radius 1 is 1.07 bits per heavy atom. The monoisotopic (exact) mass is 619 g/mol. The van der Waals surface area contributed by atoms with Crippen molar-refractivity contribution in [2.75, 3.05) is 57.4 Å². The normalized spacial score (nSPS) is 21.4. The molecule has 0 aromatic heterocycles. The van der Waals surface area contributed by atoms with Crippen LogP contribution in [0.4, 0.5) is 10.1 Å². The second-order valence-corrected chi connectivity index (χ2v) is 13.0. The fourth-order valence-corrected chi connectivity index (χ4v) is 7.89. The Morgan fingerprint density at radius 2 is 1.91 bits per heavy atom. The summed E-state index contributed by atoms with van der Waals surface area (Å²) in [6, 6.07) is 14.0. The Balaban J connectivity index is 1.16. The smallest absolute Gasteiger partial charge is 0.254 e. The van der Waals surface area contributed by atoms with E-state index in [0.29, 0.717) is 48.8 Å². The summed E-state index contributed by atoms with van der Waals surface area (Å²) in [5, 5.41) is 2.96. The number of allylic oxidation sites excluding steroid dienone is 1. The van der Waals surface area contributed by atoms with Crippen LogP contribution in [0.15, 0.2) is 66.8 Å². The lowest BCUT2D eigenvalue weighted by Gasteiger charge is -2.33. The Hall–Kier alpha value is -4.27. The topological polar surface area (TPSA) is 71.1 Å². The standard InChI is InChI=1S/C38H38FN3O4/c1-2-23-10-13-42(22-23)35-32(39)21-31-34-27(8-9-28(36(31)43)38(44)40-11-5-12-41-14-16-45-17-15-41)30-20-29-25(19-33(30)46-37(34)35)18-24-6-3-4-7-26(24)29/h2-4,6-7,9,19-21,23,27H,1,5,8,10-18,22H2,(H,40,44)/t23-,27?/m0/s1. The maximum absolute atomic E-state index is 16.3. The molecule has 2 aliphatic carbocycles. The van der Waals surface area contributed by atoms with Crippen molar-refractivity contribution in [1.29, 1.82) is 0 Å². The summed E-state index contributed by atoms with van der Waals surface area (Å²) >= 11 is 0. The Bertz CT molecular complexity index is 1790. The molecule has 1 N–H and O–H groups in total. The summed E-state index contributed by atoms with van der Waals surface area (Å²) < 4.78 is 28.4. The van der Waals surface area contributed by atoms with Crippen LogP contribution < -0.4 is 15.0 Å². The molecule has 2 fully saturated rings. The number of hydrogen-bond acceptors (Lipinski definition) is 6. The molecule has 0 radical (unpaired) electrons. The number of halogens is 1. The molecule has 3 aliphatic heterocycles. The van der Waals surface area contributed by atoms with Gasteiger partial charge >= 0.3 is 0 Å². The van der Waals surface area contributed by atoms with Gasteiger partial charge < -0.3 is 19.7 Å². The molecule has 1 unspecified atom stereocenters. The van der Waals surface area contributed by atoms with E-state index in [1.54, 1.807) is 6.08 Å². The highest BCUT2D eigenvalue weighted by Crippen LogP contribution is 2.55. The van der Waals surface area contributed by atoms with E-state index in [0.717, 1.165) is 63.2 Å². The van der Waals surface area contributed by atoms with Crippen LogP contribution in [0.2, 0.25) is 0 Å². The number of rotatable bonds is 7. The first kappa shape index (κ1) is 29.2. The highest BCUT2D eigenvalue weighted by atomic mass is 19.1. The molecule has 7 nitrogen and oxygen atoms in total. The molecule has 0 bridgehead atoms. The van der Waals surface area contributed by atoms with Crippen LogP contribution in [0.5, 0.6) is 11.5 Å². The van der Waals surface area contributed by atoms with Crippen molar-refractivity contribution in [3.63, 3.8) is 0 Å². The van der Waals surface area contributed by atoms with Gasteiger partial charge in [0.15, 0.2) is 17.3 Å². The fourth-order valence-electron chi connectivity index (χ4n) is 7.89. The van der Waals surface area contributed by atoms with Crippen LogP contribution in [0.3, 0.4) is 0 Å². The molecule has 2 atom stereocenters. The number of morpholine rings is 1. The van der Waals surface area contributed by atoms with Crippen molar-refractivity contribution >= 4 is 17.4 Å². The molecule has 5 aliphatic rings. The molecule has 46 heavy (non-hydrogen) atoms. The summed E-state index contributed by atoms with van der Waals surface area (Å²) in [4.78, 5) is 32.0. The number of benzene rings is 3. The van der Waals surface area contributed by atoms with Gasteiger partial charge in [-0.05, 0) is 78.6 Å². The van der Waals surface area contributed by atoms with Gasteiger partial charge in [-0.3, -0.25) is 14.5 Å². The van der Waals surface area contributed by atoms with E-state index in [2.05, 4.69) is 53.2 Å². The van der Waals surface area contributed by atoms with Crippen LogP contribution in [0.1, 0.15) is 57.8 Å². The molecule has 0 saturated carbocycles. The predicted molar refractivity (Wildman–Crippen MR) is 175 cm³/mol. The van der Waals surface area contributed by atoms with Crippen molar-refractivity contribution in [2.45, 2.75) is 31.6 Å². The van der Waals surface area contributed by atoms with Gasteiger partial charge in [-0.2, -0.15) is 0 Å². The molecule has 8 rings (SSSR count). The maximum Gasteiger partial charge on any atom is 0.254 e. The largest absolute Gasteiger partial charge is 0.454 e. The van der Waals surface area contributed by atoms with Gasteiger partial charge in [0.05, 0.1) is 18.8 Å². The summed E-state index contributed by atoms with van der Waals surface area (Å²) in [5.74, 6) is -0.296. The van der Waals surface area contributed by atoms with E-state index in [4.69, 9.17) is 9.47 Å². The average Bonchev–Trinajstić information content (AvgIpc) is 3.66. The third-order valence-corrected chi connectivity index (χ3v) is 10.3. The van der Waals surface area contributed by atoms with Gasteiger partial charge in [0.25, 0.3) is 5.91 Å². The Morgan fingerprint density at radius 3 is 2.74 bits per heavy atom. The lowest BCUT2D eigenvalue weighted by molar-refractivity contribution is -0.117. The Labute approximate surface area is 268 Å². The number of ketones is 1. The molecule has 2 saturated heterocycles. The fraction of sp³-hybridized carbons (Fsp3) is 0.368. The van der Waals surface area contributed by atoms with Crippen LogP contribution >= 0.6 is 0 Å². The Kier molecular flexibility index (Phi) is 7.50. The number of carbonyl (C=O) groups excluding carboxylic acids is 2. The number of ether oxygens (including phenoxy) is 2. The van der Waals surface area contributed by atoms with E-state index in [1.165, 1.54) is 22.8 Å². The number of nitrogens with zero attached hydrogens (tertiary/aromatic N) is 2. The van der Waals surface area contributed by atoms with Crippen molar-refractivity contribution in [1.82, 2.24) is 10.2 Å². The first-order valence-electron chi connectivity index (χ1n) is 16.5. The number of hydrogen-bond donors (Lipinski definition) is 1. The van der Waals surface area contributed by atoms with E-state index in [1.807, 2.05) is 11.0 Å². The van der Waals surface area contributed by atoms with E-state index < -0.39 is 17.5 Å². The maximum atomic E-state index is 16.3. The van der Waals surface area contributed by atoms with Gasteiger partial charge in [0, 0.05) is 55.3 Å². The zero-order valence-electron chi connectivity index (χ0n) is 25.9. The first-order chi connectivity index (χ1) is 22.5. The second-order valence-electron chi connectivity index (χ2n) is 13.0. The van der Waals surface area contributed by atoms with Crippen molar-refractivity contribution in [2.24, 2.45) is 5.92 Å². The van der Waals surface area contributed by atoms with Gasteiger partial charge in [0.1, 0.15) is 11.4 Å². The summed E-state index contributed by atoms with van der Waals surface area (Å²) in [6.07, 6.45) is 6.56. The molecular formula is C38H38FN3O4. The SMILES string of the molecule is C=C[C@H]1CCN(c2c(F)cc3c4c2Oc2cc5c(cc2C4CC=C(C(=O)NCCCN2CCOCC2)C3=O)-c2ccccc2C5)C1. The summed E-state index contributed by atoms with van der Waals surface area (Å²) in [6.45, 7) is 9.79. The number of nitrogens with one attached hydrogen (secondary N) is 1. The molecule has 8 heteroatoms. The van der Waals surface area contributed by atoms with Gasteiger partial charge in [-0.1, -0.05) is 36.4 Å². The molecular weight excluding hydrogens is 581 g/mol. The number of Topliss-reactive ketones (excluding diaryl/α,β-unsaturated/α-hetero) is 1. The molecule has 236 valence electrons. The highest BCUT2D eigenvalue weighted by Gasteiger charge is 2.41. The average molecular weight is 620 g/mol. The summed E-state index contributed by atoms with van der Waals surface area (Å²) in [7, 11) is 0. The van der Waals surface area contributed by atoms with Crippen molar-refractivity contribution in [3.05, 3.63) is 100 Å². The zero-order chi connectivity index (χ0) is 31.4.